The summed E-state index contributed by atoms with van der Waals surface area (Å²) >= 11 is 0. The highest BCUT2D eigenvalue weighted by molar-refractivity contribution is 5.82. The molecule has 0 saturated heterocycles. The average Bonchev–Trinajstić information content (AvgIpc) is 2.66. The first-order valence-corrected chi connectivity index (χ1v) is 6.03. The molecule has 1 atom stereocenters. The number of hydrogen-bond donors (Lipinski definition) is 2. The van der Waals surface area contributed by atoms with Crippen molar-refractivity contribution in [1.29, 1.82) is 0 Å². The Morgan fingerprint density at radius 3 is 2.53 bits per heavy atom. The summed E-state index contributed by atoms with van der Waals surface area (Å²) in [6.45, 7) is 5.53. The highest BCUT2D eigenvalue weighted by Gasteiger charge is 2.24. The zero-order valence-electron chi connectivity index (χ0n) is 11.6. The molecule has 0 aromatic carbocycles. The zero-order valence-corrected chi connectivity index (χ0v) is 11.6. The van der Waals surface area contributed by atoms with Crippen LogP contribution in [0.25, 0.3) is 0 Å². The van der Waals surface area contributed by atoms with Crippen molar-refractivity contribution in [2.75, 3.05) is 7.05 Å². The summed E-state index contributed by atoms with van der Waals surface area (Å²) in [5, 5.41) is 15.4. The van der Waals surface area contributed by atoms with Gasteiger partial charge >= 0.3 is 12.0 Å². The standard InChI is InChI=1S/C12H19N3O4/c1-5-10(11(16)17)15(4)12(18)13-6-9-7(2)14-19-8(9)3/h10H,5-6H2,1-4H3,(H,13,18)(H,16,17). The quantitative estimate of drug-likeness (QED) is 0.839. The van der Waals surface area contributed by atoms with E-state index >= 15 is 0 Å². The van der Waals surface area contributed by atoms with Crippen LogP contribution in [0, 0.1) is 13.8 Å². The van der Waals surface area contributed by atoms with E-state index in [2.05, 4.69) is 10.5 Å². The van der Waals surface area contributed by atoms with Gasteiger partial charge in [-0.05, 0) is 20.3 Å². The number of amides is 2. The van der Waals surface area contributed by atoms with Crippen LogP contribution in [0.3, 0.4) is 0 Å². The molecule has 2 amide bonds. The number of aromatic nitrogens is 1. The molecule has 1 rings (SSSR count). The number of rotatable bonds is 5. The fourth-order valence-electron chi connectivity index (χ4n) is 1.80. The molecule has 106 valence electrons. The number of carbonyl (C=O) groups is 2. The lowest BCUT2D eigenvalue weighted by Gasteiger charge is -2.23. The van der Waals surface area contributed by atoms with Crippen molar-refractivity contribution in [2.24, 2.45) is 0 Å². The summed E-state index contributed by atoms with van der Waals surface area (Å²) in [6.07, 6.45) is 0.352. The molecule has 0 aliphatic rings. The number of aryl methyl sites for hydroxylation is 2. The van der Waals surface area contributed by atoms with Crippen LogP contribution in [0.1, 0.15) is 30.4 Å². The molecule has 0 fully saturated rings. The Labute approximate surface area is 111 Å². The maximum absolute atomic E-state index is 11.9. The van der Waals surface area contributed by atoms with Gasteiger partial charge in [0.05, 0.1) is 5.69 Å². The molecule has 2 N–H and O–H groups in total. The molecule has 1 unspecified atom stereocenters. The van der Waals surface area contributed by atoms with Crippen LogP contribution in [0.2, 0.25) is 0 Å². The van der Waals surface area contributed by atoms with Crippen LogP contribution in [0.5, 0.6) is 0 Å². The fourth-order valence-corrected chi connectivity index (χ4v) is 1.80. The van der Waals surface area contributed by atoms with Gasteiger partial charge in [0.1, 0.15) is 11.8 Å². The number of nitrogens with one attached hydrogen (secondary N) is 1. The minimum atomic E-state index is -1.02. The Bertz CT molecular complexity index is 450. The highest BCUT2D eigenvalue weighted by Crippen LogP contribution is 2.12. The Morgan fingerprint density at radius 2 is 2.11 bits per heavy atom. The summed E-state index contributed by atoms with van der Waals surface area (Å²) in [5.41, 5.74) is 1.52. The number of carbonyl (C=O) groups excluding carboxylic acids is 1. The summed E-state index contributed by atoms with van der Waals surface area (Å²) in [6, 6.07) is -1.26. The van der Waals surface area contributed by atoms with E-state index in [0.29, 0.717) is 17.9 Å². The van der Waals surface area contributed by atoms with E-state index in [0.717, 1.165) is 5.56 Å². The van der Waals surface area contributed by atoms with Gasteiger partial charge < -0.3 is 19.8 Å². The van der Waals surface area contributed by atoms with E-state index in [1.807, 2.05) is 0 Å². The predicted molar refractivity (Wildman–Crippen MR) is 67.7 cm³/mol. The minimum absolute atomic E-state index is 0.264. The van der Waals surface area contributed by atoms with E-state index in [4.69, 9.17) is 9.63 Å². The van der Waals surface area contributed by atoms with Crippen molar-refractivity contribution in [1.82, 2.24) is 15.4 Å². The topological polar surface area (TPSA) is 95.7 Å². The predicted octanol–water partition coefficient (Wildman–Crippen LogP) is 1.30. The van der Waals surface area contributed by atoms with Crippen LogP contribution >= 0.6 is 0 Å². The van der Waals surface area contributed by atoms with Crippen molar-refractivity contribution in [3.63, 3.8) is 0 Å². The lowest BCUT2D eigenvalue weighted by molar-refractivity contribution is -0.141. The van der Waals surface area contributed by atoms with Crippen molar-refractivity contribution in [3.8, 4) is 0 Å². The van der Waals surface area contributed by atoms with E-state index in [1.165, 1.54) is 11.9 Å². The molecule has 0 spiro atoms. The van der Waals surface area contributed by atoms with E-state index in [9.17, 15) is 9.59 Å². The van der Waals surface area contributed by atoms with Crippen molar-refractivity contribution in [2.45, 2.75) is 39.8 Å². The first-order chi connectivity index (χ1) is 8.88. The Hall–Kier alpha value is -2.05. The van der Waals surface area contributed by atoms with E-state index in [-0.39, 0.29) is 6.54 Å². The van der Waals surface area contributed by atoms with Crippen LogP contribution in [0.15, 0.2) is 4.52 Å². The third kappa shape index (κ3) is 3.46. The lowest BCUT2D eigenvalue weighted by atomic mass is 10.2. The van der Waals surface area contributed by atoms with Gasteiger partial charge in [-0.15, -0.1) is 0 Å². The molecule has 1 aromatic heterocycles. The van der Waals surface area contributed by atoms with Gasteiger partial charge in [0.15, 0.2) is 0 Å². The fraction of sp³-hybridized carbons (Fsp3) is 0.583. The normalized spacial score (nSPS) is 12.0. The molecule has 0 radical (unpaired) electrons. The summed E-state index contributed by atoms with van der Waals surface area (Å²) in [5.74, 6) is -0.372. The van der Waals surface area contributed by atoms with Gasteiger partial charge in [0, 0.05) is 19.2 Å². The SMILES string of the molecule is CCC(C(=O)O)N(C)C(=O)NCc1c(C)noc1C. The number of likely N-dealkylation sites (N-methyl/N-ethyl adjacent to an activating group) is 1. The van der Waals surface area contributed by atoms with Gasteiger partial charge in [0.25, 0.3) is 0 Å². The average molecular weight is 269 g/mol. The van der Waals surface area contributed by atoms with Crippen molar-refractivity contribution < 1.29 is 19.2 Å². The third-order valence-corrected chi connectivity index (χ3v) is 3.06. The second-order valence-electron chi connectivity index (χ2n) is 4.33. The van der Waals surface area contributed by atoms with E-state index < -0.39 is 18.0 Å². The Balaban J connectivity index is 2.63. The number of carboxylic acids is 1. The van der Waals surface area contributed by atoms with Gasteiger partial charge in [-0.25, -0.2) is 9.59 Å². The number of aliphatic carboxylic acids is 1. The molecule has 19 heavy (non-hydrogen) atoms. The molecule has 7 heteroatoms. The lowest BCUT2D eigenvalue weighted by Crippen LogP contribution is -2.46. The molecule has 0 aliphatic heterocycles. The van der Waals surface area contributed by atoms with Gasteiger partial charge in [-0.2, -0.15) is 0 Å². The molecular weight excluding hydrogens is 250 g/mol. The van der Waals surface area contributed by atoms with Crippen molar-refractivity contribution >= 4 is 12.0 Å². The first-order valence-electron chi connectivity index (χ1n) is 6.03. The van der Waals surface area contributed by atoms with Crippen LogP contribution in [-0.4, -0.2) is 40.3 Å². The number of carboxylic acid groups (broad SMARTS) is 1. The van der Waals surface area contributed by atoms with Gasteiger partial charge in [0.2, 0.25) is 0 Å². The first kappa shape index (κ1) is 15.0. The number of urea groups is 1. The second-order valence-corrected chi connectivity index (χ2v) is 4.33. The van der Waals surface area contributed by atoms with Gasteiger partial charge in [-0.3, -0.25) is 0 Å². The molecular formula is C12H19N3O4. The number of nitrogens with zero attached hydrogens (tertiary/aromatic N) is 2. The van der Waals surface area contributed by atoms with Crippen LogP contribution in [-0.2, 0) is 11.3 Å². The van der Waals surface area contributed by atoms with Gasteiger partial charge in [-0.1, -0.05) is 12.1 Å². The molecule has 7 nitrogen and oxygen atoms in total. The second kappa shape index (κ2) is 6.21. The summed E-state index contributed by atoms with van der Waals surface area (Å²) in [7, 11) is 1.46. The molecule has 0 saturated carbocycles. The Morgan fingerprint density at radius 1 is 1.47 bits per heavy atom. The maximum Gasteiger partial charge on any atom is 0.326 e. The molecule has 0 aliphatic carbocycles. The molecule has 1 aromatic rings. The third-order valence-electron chi connectivity index (χ3n) is 3.06. The highest BCUT2D eigenvalue weighted by atomic mass is 16.5. The van der Waals surface area contributed by atoms with Crippen LogP contribution < -0.4 is 5.32 Å². The summed E-state index contributed by atoms with van der Waals surface area (Å²) in [4.78, 5) is 24.0. The molecule has 0 bridgehead atoms. The smallest absolute Gasteiger partial charge is 0.326 e. The Kier molecular flexibility index (Phi) is 4.91. The summed E-state index contributed by atoms with van der Waals surface area (Å²) < 4.78 is 4.99. The van der Waals surface area contributed by atoms with E-state index in [1.54, 1.807) is 20.8 Å². The zero-order chi connectivity index (χ0) is 14.6. The minimum Gasteiger partial charge on any atom is -0.480 e. The van der Waals surface area contributed by atoms with Crippen molar-refractivity contribution in [3.05, 3.63) is 17.0 Å². The monoisotopic (exact) mass is 269 g/mol. The maximum atomic E-state index is 11.9. The largest absolute Gasteiger partial charge is 0.480 e. The molecule has 1 heterocycles. The van der Waals surface area contributed by atoms with Crippen LogP contribution in [0.4, 0.5) is 4.79 Å². The number of hydrogen-bond acceptors (Lipinski definition) is 4.